The van der Waals surface area contributed by atoms with E-state index in [-0.39, 0.29) is 0 Å². The van der Waals surface area contributed by atoms with E-state index in [2.05, 4.69) is 0 Å². The normalized spacial score (nSPS) is 11.2. The Bertz CT molecular complexity index is 757. The second kappa shape index (κ2) is 5.66. The molecule has 3 rings (SSSR count). The molecule has 0 aliphatic carbocycles. The highest BCUT2D eigenvalue weighted by Crippen LogP contribution is 2.22. The molecule has 0 aliphatic heterocycles. The molecule has 108 valence electrons. The molecule has 0 atom stereocenters. The van der Waals surface area contributed by atoms with Crippen LogP contribution in [0.1, 0.15) is 11.1 Å². The Balaban J connectivity index is 2.04. The van der Waals surface area contributed by atoms with Crippen molar-refractivity contribution in [1.82, 2.24) is 4.57 Å². The summed E-state index contributed by atoms with van der Waals surface area (Å²) >= 11 is 0. The minimum absolute atomic E-state index is 0.430. The second-order valence-electron chi connectivity index (χ2n) is 5.11. The van der Waals surface area contributed by atoms with Gasteiger partial charge in [0.2, 0.25) is 0 Å². The maximum absolute atomic E-state index is 13.3. The van der Waals surface area contributed by atoms with Crippen LogP contribution in [0.25, 0.3) is 10.9 Å². The first-order valence-electron chi connectivity index (χ1n) is 6.89. The lowest BCUT2D eigenvalue weighted by molar-refractivity contribution is 0.578. The van der Waals surface area contributed by atoms with Gasteiger partial charge < -0.3 is 10.3 Å². The number of para-hydroxylation sites is 1. The third-order valence-electron chi connectivity index (χ3n) is 3.56. The van der Waals surface area contributed by atoms with Crippen molar-refractivity contribution in [3.05, 3.63) is 71.4 Å². The molecule has 1 aromatic heterocycles. The number of hydrogen-bond donors (Lipinski definition) is 1. The fourth-order valence-corrected chi connectivity index (χ4v) is 2.73. The number of nitrogens with two attached hydrogens (primary N) is 1. The van der Waals surface area contributed by atoms with Crippen molar-refractivity contribution in [2.24, 2.45) is 5.73 Å². The summed E-state index contributed by atoms with van der Waals surface area (Å²) in [4.78, 5) is 0. The molecule has 2 aromatic carbocycles. The van der Waals surface area contributed by atoms with Gasteiger partial charge in [-0.1, -0.05) is 18.2 Å². The minimum Gasteiger partial charge on any atom is -0.343 e. The molecule has 0 saturated heterocycles. The van der Waals surface area contributed by atoms with E-state index >= 15 is 0 Å². The summed E-state index contributed by atoms with van der Waals surface area (Å²) in [7, 11) is 0. The summed E-state index contributed by atoms with van der Waals surface area (Å²) in [5.41, 5.74) is 8.48. The Morgan fingerprint density at radius 3 is 2.48 bits per heavy atom. The van der Waals surface area contributed by atoms with Crippen molar-refractivity contribution in [3.63, 3.8) is 0 Å². The first kappa shape index (κ1) is 13.8. The number of halogens is 2. The van der Waals surface area contributed by atoms with Crippen LogP contribution < -0.4 is 5.73 Å². The maximum Gasteiger partial charge on any atom is 0.126 e. The van der Waals surface area contributed by atoms with Crippen LogP contribution in [0.5, 0.6) is 0 Å². The SMILES string of the molecule is NCCc1cccc2ccn(Cc3cc(F)cc(F)c3)c12. The number of hydrogen-bond acceptors (Lipinski definition) is 1. The molecule has 2 N–H and O–H groups in total. The molecule has 0 unspecified atom stereocenters. The van der Waals surface area contributed by atoms with Crippen LogP contribution in [0, 0.1) is 11.6 Å². The average molecular weight is 286 g/mol. The second-order valence-corrected chi connectivity index (χ2v) is 5.11. The van der Waals surface area contributed by atoms with Crippen molar-refractivity contribution < 1.29 is 8.78 Å². The summed E-state index contributed by atoms with van der Waals surface area (Å²) < 4.78 is 28.6. The van der Waals surface area contributed by atoms with E-state index in [4.69, 9.17) is 5.73 Å². The number of fused-ring (bicyclic) bond motifs is 1. The maximum atomic E-state index is 13.3. The molecule has 1 heterocycles. The van der Waals surface area contributed by atoms with Gasteiger partial charge in [-0.05, 0) is 47.7 Å². The molecule has 0 radical (unpaired) electrons. The number of benzene rings is 2. The van der Waals surface area contributed by atoms with Crippen LogP contribution in [0.4, 0.5) is 8.78 Å². The third-order valence-corrected chi connectivity index (χ3v) is 3.56. The van der Waals surface area contributed by atoms with Gasteiger partial charge in [0, 0.05) is 18.8 Å². The van der Waals surface area contributed by atoms with Gasteiger partial charge >= 0.3 is 0 Å². The van der Waals surface area contributed by atoms with E-state index in [1.807, 2.05) is 35.0 Å². The molecule has 0 fully saturated rings. The highest BCUT2D eigenvalue weighted by Gasteiger charge is 2.08. The fourth-order valence-electron chi connectivity index (χ4n) is 2.73. The quantitative estimate of drug-likeness (QED) is 0.782. The molecule has 4 heteroatoms. The zero-order valence-electron chi connectivity index (χ0n) is 11.5. The Morgan fingerprint density at radius 1 is 1.00 bits per heavy atom. The number of rotatable bonds is 4. The van der Waals surface area contributed by atoms with Crippen LogP contribution >= 0.6 is 0 Å². The predicted molar refractivity (Wildman–Crippen MR) is 80.2 cm³/mol. The van der Waals surface area contributed by atoms with Gasteiger partial charge in [-0.3, -0.25) is 0 Å². The zero-order valence-corrected chi connectivity index (χ0v) is 11.5. The van der Waals surface area contributed by atoms with Gasteiger partial charge in [-0.15, -0.1) is 0 Å². The van der Waals surface area contributed by atoms with E-state index in [0.717, 1.165) is 29.0 Å². The molecule has 0 aliphatic rings. The first-order chi connectivity index (χ1) is 10.2. The van der Waals surface area contributed by atoms with Crippen LogP contribution in [0.2, 0.25) is 0 Å². The lowest BCUT2D eigenvalue weighted by Crippen LogP contribution is -2.06. The molecular weight excluding hydrogens is 270 g/mol. The summed E-state index contributed by atoms with van der Waals surface area (Å²) in [5.74, 6) is -1.10. The van der Waals surface area contributed by atoms with Crippen LogP contribution in [0.3, 0.4) is 0 Å². The van der Waals surface area contributed by atoms with Crippen molar-refractivity contribution in [3.8, 4) is 0 Å². The lowest BCUT2D eigenvalue weighted by atomic mass is 10.1. The van der Waals surface area contributed by atoms with Crippen molar-refractivity contribution in [1.29, 1.82) is 0 Å². The highest BCUT2D eigenvalue weighted by molar-refractivity contribution is 5.83. The lowest BCUT2D eigenvalue weighted by Gasteiger charge is -2.10. The average Bonchev–Trinajstić information content (AvgIpc) is 2.82. The van der Waals surface area contributed by atoms with Gasteiger partial charge in [0.1, 0.15) is 11.6 Å². The van der Waals surface area contributed by atoms with Crippen molar-refractivity contribution >= 4 is 10.9 Å². The number of nitrogens with zero attached hydrogens (tertiary/aromatic N) is 1. The van der Waals surface area contributed by atoms with E-state index in [1.165, 1.54) is 12.1 Å². The Labute approximate surface area is 121 Å². The predicted octanol–water partition coefficient (Wildman–Crippen LogP) is 3.47. The monoisotopic (exact) mass is 286 g/mol. The van der Waals surface area contributed by atoms with Crippen molar-refractivity contribution in [2.75, 3.05) is 6.54 Å². The fraction of sp³-hybridized carbons (Fsp3) is 0.176. The largest absolute Gasteiger partial charge is 0.343 e. The molecule has 3 aromatic rings. The van der Waals surface area contributed by atoms with Gasteiger partial charge in [0.25, 0.3) is 0 Å². The van der Waals surface area contributed by atoms with E-state index in [1.54, 1.807) is 0 Å². The molecule has 21 heavy (non-hydrogen) atoms. The van der Waals surface area contributed by atoms with Crippen LogP contribution in [-0.2, 0) is 13.0 Å². The standard InChI is InChI=1S/C17H16F2N2/c18-15-8-12(9-16(19)10-15)11-21-7-5-14-3-1-2-13(4-6-20)17(14)21/h1-3,5,7-10H,4,6,11,20H2. The minimum atomic E-state index is -0.552. The topological polar surface area (TPSA) is 30.9 Å². The molecule has 2 nitrogen and oxygen atoms in total. The summed E-state index contributed by atoms with van der Waals surface area (Å²) in [6, 6.07) is 11.7. The molecule has 0 saturated carbocycles. The number of aromatic nitrogens is 1. The molecule has 0 spiro atoms. The van der Waals surface area contributed by atoms with Gasteiger partial charge in [0.15, 0.2) is 0 Å². The summed E-state index contributed by atoms with van der Waals surface area (Å²) in [5, 5.41) is 1.11. The summed E-state index contributed by atoms with van der Waals surface area (Å²) in [6.45, 7) is 0.999. The van der Waals surface area contributed by atoms with Gasteiger partial charge in [-0.25, -0.2) is 8.78 Å². The van der Waals surface area contributed by atoms with Gasteiger partial charge in [-0.2, -0.15) is 0 Å². The smallest absolute Gasteiger partial charge is 0.126 e. The van der Waals surface area contributed by atoms with E-state index < -0.39 is 11.6 Å². The molecule has 0 bridgehead atoms. The molecule has 0 amide bonds. The zero-order chi connectivity index (χ0) is 14.8. The third kappa shape index (κ3) is 2.81. The Hall–Kier alpha value is -2.20. The van der Waals surface area contributed by atoms with Gasteiger partial charge in [0.05, 0.1) is 5.52 Å². The Kier molecular flexibility index (Phi) is 3.71. The summed E-state index contributed by atoms with van der Waals surface area (Å²) in [6.07, 6.45) is 2.71. The van der Waals surface area contributed by atoms with E-state index in [0.29, 0.717) is 18.7 Å². The first-order valence-corrected chi connectivity index (χ1v) is 6.89. The van der Waals surface area contributed by atoms with Crippen LogP contribution in [0.15, 0.2) is 48.7 Å². The Morgan fingerprint density at radius 2 is 1.76 bits per heavy atom. The highest BCUT2D eigenvalue weighted by atomic mass is 19.1. The van der Waals surface area contributed by atoms with Crippen molar-refractivity contribution in [2.45, 2.75) is 13.0 Å². The van der Waals surface area contributed by atoms with E-state index in [9.17, 15) is 8.78 Å². The molecular formula is C17H16F2N2. The van der Waals surface area contributed by atoms with Crippen LogP contribution in [-0.4, -0.2) is 11.1 Å².